The average molecular weight is 491 g/mol. The van der Waals surface area contributed by atoms with Crippen molar-refractivity contribution in [2.45, 2.75) is 33.1 Å². The lowest BCUT2D eigenvalue weighted by atomic mass is 10.1. The summed E-state index contributed by atoms with van der Waals surface area (Å²) in [5, 5.41) is 7.44. The molecular weight excluding hydrogens is 460 g/mol. The van der Waals surface area contributed by atoms with Crippen LogP contribution in [0.2, 0.25) is 0 Å². The average Bonchev–Trinajstić information content (AvgIpc) is 2.86. The van der Waals surface area contributed by atoms with Crippen molar-refractivity contribution in [3.8, 4) is 0 Å². The molecule has 0 unspecified atom stereocenters. The van der Waals surface area contributed by atoms with Crippen LogP contribution in [0.3, 0.4) is 0 Å². The van der Waals surface area contributed by atoms with Gasteiger partial charge in [0.25, 0.3) is 5.91 Å². The van der Waals surface area contributed by atoms with Crippen molar-refractivity contribution >= 4 is 45.9 Å². The number of rotatable bonds is 11. The third-order valence-electron chi connectivity index (χ3n) is 5.16. The van der Waals surface area contributed by atoms with Crippen LogP contribution in [-0.2, 0) is 23.9 Å². The van der Waals surface area contributed by atoms with E-state index in [-0.39, 0.29) is 24.7 Å². The summed E-state index contributed by atoms with van der Waals surface area (Å²) in [7, 11) is 0. The summed E-state index contributed by atoms with van der Waals surface area (Å²) in [5.41, 5.74) is 1.56. The summed E-state index contributed by atoms with van der Waals surface area (Å²) < 4.78 is 10.2. The van der Waals surface area contributed by atoms with Gasteiger partial charge in [0, 0.05) is 29.6 Å². The monoisotopic (exact) mass is 490 g/mol. The number of hydrogen-bond donors (Lipinski definition) is 2. The fraction of sp³-hybridized carbons (Fsp3) is 0.286. The zero-order valence-electron chi connectivity index (χ0n) is 20.4. The summed E-state index contributed by atoms with van der Waals surface area (Å²) in [4.78, 5) is 48.2. The fourth-order valence-corrected chi connectivity index (χ4v) is 3.37. The van der Waals surface area contributed by atoms with Crippen molar-refractivity contribution in [1.82, 2.24) is 0 Å². The molecule has 36 heavy (non-hydrogen) atoms. The van der Waals surface area contributed by atoms with Gasteiger partial charge in [0.15, 0.2) is 6.61 Å². The maximum atomic E-state index is 12.3. The van der Waals surface area contributed by atoms with E-state index in [4.69, 9.17) is 9.47 Å². The topological polar surface area (TPSA) is 111 Å². The van der Waals surface area contributed by atoms with Crippen LogP contribution in [0.25, 0.3) is 10.8 Å². The van der Waals surface area contributed by atoms with Gasteiger partial charge in [0.05, 0.1) is 12.2 Å². The molecule has 0 aliphatic carbocycles. The van der Waals surface area contributed by atoms with E-state index in [1.807, 2.05) is 56.3 Å². The molecule has 0 spiro atoms. The van der Waals surface area contributed by atoms with Gasteiger partial charge < -0.3 is 20.1 Å². The van der Waals surface area contributed by atoms with E-state index in [1.54, 1.807) is 24.3 Å². The molecule has 0 radical (unpaired) electrons. The number of esters is 2. The SMILES string of the molecule is CC(C)COC(=O)c1ccc(NC(=O)COC(=O)CCCC(=O)Nc2cccc3ccccc23)cc1. The number of benzene rings is 3. The molecule has 8 nitrogen and oxygen atoms in total. The number of anilines is 2. The number of nitrogens with one attached hydrogen (secondary N) is 2. The Hall–Kier alpha value is -4.20. The molecule has 3 aromatic rings. The van der Waals surface area contributed by atoms with Gasteiger partial charge in [-0.05, 0) is 48.1 Å². The molecule has 0 aliphatic heterocycles. The van der Waals surface area contributed by atoms with Crippen LogP contribution in [0, 0.1) is 5.92 Å². The molecule has 188 valence electrons. The zero-order valence-corrected chi connectivity index (χ0v) is 20.4. The van der Waals surface area contributed by atoms with E-state index in [9.17, 15) is 19.2 Å². The lowest BCUT2D eigenvalue weighted by Crippen LogP contribution is -2.21. The number of amides is 2. The second-order valence-corrected chi connectivity index (χ2v) is 8.71. The highest BCUT2D eigenvalue weighted by molar-refractivity contribution is 6.02. The van der Waals surface area contributed by atoms with Crippen LogP contribution in [0.4, 0.5) is 11.4 Å². The zero-order chi connectivity index (χ0) is 25.9. The third-order valence-corrected chi connectivity index (χ3v) is 5.16. The van der Waals surface area contributed by atoms with Crippen molar-refractivity contribution in [2.24, 2.45) is 5.92 Å². The van der Waals surface area contributed by atoms with Gasteiger partial charge in [0.2, 0.25) is 5.91 Å². The predicted molar refractivity (Wildman–Crippen MR) is 138 cm³/mol. The first-order chi connectivity index (χ1) is 17.3. The molecule has 0 aromatic heterocycles. The lowest BCUT2D eigenvalue weighted by Gasteiger charge is -2.09. The highest BCUT2D eigenvalue weighted by Crippen LogP contribution is 2.23. The first-order valence-corrected chi connectivity index (χ1v) is 11.8. The second kappa shape index (κ2) is 13.0. The minimum atomic E-state index is -0.564. The summed E-state index contributed by atoms with van der Waals surface area (Å²) in [6, 6.07) is 19.7. The molecule has 8 heteroatoms. The van der Waals surface area contributed by atoms with Crippen LogP contribution < -0.4 is 10.6 Å². The second-order valence-electron chi connectivity index (χ2n) is 8.71. The van der Waals surface area contributed by atoms with Gasteiger partial charge in [-0.25, -0.2) is 4.79 Å². The van der Waals surface area contributed by atoms with E-state index in [2.05, 4.69) is 10.6 Å². The Morgan fingerprint density at radius 1 is 0.778 bits per heavy atom. The minimum Gasteiger partial charge on any atom is -0.462 e. The van der Waals surface area contributed by atoms with Crippen LogP contribution >= 0.6 is 0 Å². The standard InChI is InChI=1S/C28H30N2O6/c1-19(2)17-36-28(34)21-13-15-22(16-14-21)29-26(32)18-35-27(33)12-6-11-25(31)30-24-10-5-8-20-7-3-4-9-23(20)24/h3-5,7-10,13-16,19H,6,11-12,17-18H2,1-2H3,(H,29,32)(H,30,31). The largest absolute Gasteiger partial charge is 0.462 e. The molecule has 0 atom stereocenters. The van der Waals surface area contributed by atoms with Gasteiger partial charge in [-0.3, -0.25) is 14.4 Å². The van der Waals surface area contributed by atoms with Gasteiger partial charge >= 0.3 is 11.9 Å². The smallest absolute Gasteiger partial charge is 0.338 e. The van der Waals surface area contributed by atoms with E-state index in [0.29, 0.717) is 24.3 Å². The molecule has 2 amide bonds. The first-order valence-electron chi connectivity index (χ1n) is 11.8. The van der Waals surface area contributed by atoms with Crippen molar-refractivity contribution in [3.63, 3.8) is 0 Å². The van der Waals surface area contributed by atoms with Crippen molar-refractivity contribution in [3.05, 3.63) is 72.3 Å². The van der Waals surface area contributed by atoms with Crippen LogP contribution in [0.15, 0.2) is 66.7 Å². The van der Waals surface area contributed by atoms with Crippen LogP contribution in [-0.4, -0.2) is 37.0 Å². The molecule has 3 aromatic carbocycles. The third kappa shape index (κ3) is 8.23. The summed E-state index contributed by atoms with van der Waals surface area (Å²) >= 11 is 0. The molecule has 0 aliphatic rings. The Bertz CT molecular complexity index is 1210. The molecule has 0 bridgehead atoms. The fourth-order valence-electron chi connectivity index (χ4n) is 3.37. The van der Waals surface area contributed by atoms with Gasteiger partial charge in [0.1, 0.15) is 0 Å². The molecule has 2 N–H and O–H groups in total. The Morgan fingerprint density at radius 2 is 1.50 bits per heavy atom. The number of ether oxygens (including phenoxy) is 2. The van der Waals surface area contributed by atoms with E-state index in [1.165, 1.54) is 0 Å². The Labute approximate surface area is 210 Å². The first kappa shape index (κ1) is 26.4. The summed E-state index contributed by atoms with van der Waals surface area (Å²) in [6.07, 6.45) is 0.464. The Morgan fingerprint density at radius 3 is 2.25 bits per heavy atom. The quantitative estimate of drug-likeness (QED) is 0.368. The van der Waals surface area contributed by atoms with Crippen LogP contribution in [0.5, 0.6) is 0 Å². The normalized spacial score (nSPS) is 10.6. The van der Waals surface area contributed by atoms with E-state index >= 15 is 0 Å². The van der Waals surface area contributed by atoms with Crippen LogP contribution in [0.1, 0.15) is 43.5 Å². The van der Waals surface area contributed by atoms with Crippen molar-refractivity contribution < 1.29 is 28.7 Å². The highest BCUT2D eigenvalue weighted by atomic mass is 16.5. The molecule has 0 heterocycles. The van der Waals surface area contributed by atoms with Gasteiger partial charge in [-0.15, -0.1) is 0 Å². The van der Waals surface area contributed by atoms with Gasteiger partial charge in [-0.2, -0.15) is 0 Å². The lowest BCUT2D eigenvalue weighted by molar-refractivity contribution is -0.147. The molecular formula is C28H30N2O6. The Balaban J connectivity index is 1.35. The maximum Gasteiger partial charge on any atom is 0.338 e. The predicted octanol–water partition coefficient (Wildman–Crippen LogP) is 4.94. The van der Waals surface area contributed by atoms with Crippen molar-refractivity contribution in [1.29, 1.82) is 0 Å². The number of fused-ring (bicyclic) bond motifs is 1. The highest BCUT2D eigenvalue weighted by Gasteiger charge is 2.12. The Kier molecular flexibility index (Phi) is 9.56. The summed E-state index contributed by atoms with van der Waals surface area (Å²) in [5.74, 6) is -1.46. The minimum absolute atomic E-state index is 0.0173. The van der Waals surface area contributed by atoms with E-state index < -0.39 is 24.5 Å². The number of carbonyl (C=O) groups is 4. The molecule has 3 rings (SSSR count). The molecule has 0 saturated carbocycles. The molecule has 0 fully saturated rings. The number of hydrogen-bond acceptors (Lipinski definition) is 6. The van der Waals surface area contributed by atoms with E-state index in [0.717, 1.165) is 16.5 Å². The number of carbonyl (C=O) groups excluding carboxylic acids is 4. The van der Waals surface area contributed by atoms with Gasteiger partial charge in [-0.1, -0.05) is 50.2 Å². The van der Waals surface area contributed by atoms with Crippen molar-refractivity contribution in [2.75, 3.05) is 23.8 Å². The maximum absolute atomic E-state index is 12.3. The molecule has 0 saturated heterocycles. The summed E-state index contributed by atoms with van der Waals surface area (Å²) in [6.45, 7) is 3.78.